The molecule has 50 heavy (non-hydrogen) atoms. The highest BCUT2D eigenvalue weighted by atomic mass is 16.5. The lowest BCUT2D eigenvalue weighted by molar-refractivity contribution is 0.0627. The van der Waals surface area contributed by atoms with E-state index >= 15 is 0 Å². The third kappa shape index (κ3) is 17.8. The Labute approximate surface area is 307 Å². The van der Waals surface area contributed by atoms with Crippen molar-refractivity contribution in [2.45, 2.75) is 175 Å². The van der Waals surface area contributed by atoms with Crippen molar-refractivity contribution in [3.8, 4) is 16.9 Å². The number of benzene rings is 3. The minimum atomic E-state index is -0.318. The molecule has 3 rings (SSSR count). The van der Waals surface area contributed by atoms with Crippen molar-refractivity contribution in [2.75, 3.05) is 6.61 Å². The molecule has 0 spiro atoms. The topological polar surface area (TPSA) is 35.5 Å². The molecule has 0 bridgehead atoms. The monoisotopic (exact) mass is 683 g/mol. The van der Waals surface area contributed by atoms with Gasteiger partial charge in [0.15, 0.2) is 0 Å². The molecule has 3 aromatic rings. The first-order chi connectivity index (χ1) is 24.6. The first-order valence-electron chi connectivity index (χ1n) is 20.7. The van der Waals surface area contributed by atoms with Crippen LogP contribution in [0, 0.1) is 0 Å². The molecular weight excluding hydrogens is 613 g/mol. The fourth-order valence-corrected chi connectivity index (χ4v) is 6.75. The summed E-state index contributed by atoms with van der Waals surface area (Å²) < 4.78 is 11.8. The van der Waals surface area contributed by atoms with E-state index in [2.05, 4.69) is 57.2 Å². The van der Waals surface area contributed by atoms with Crippen molar-refractivity contribution < 1.29 is 14.3 Å². The summed E-state index contributed by atoms with van der Waals surface area (Å²) in [5.41, 5.74) is 5.30. The zero-order valence-electron chi connectivity index (χ0n) is 32.2. The van der Waals surface area contributed by atoms with Crippen LogP contribution in [0.25, 0.3) is 11.1 Å². The van der Waals surface area contributed by atoms with Gasteiger partial charge in [-0.3, -0.25) is 0 Å². The van der Waals surface area contributed by atoms with Gasteiger partial charge in [-0.2, -0.15) is 0 Å². The molecule has 276 valence electrons. The molecule has 3 heteroatoms. The van der Waals surface area contributed by atoms with Crippen molar-refractivity contribution in [1.29, 1.82) is 0 Å². The molecule has 0 aromatic heterocycles. The molecule has 1 unspecified atom stereocenters. The van der Waals surface area contributed by atoms with Crippen LogP contribution in [0.2, 0.25) is 0 Å². The average Bonchev–Trinajstić information content (AvgIpc) is 3.15. The van der Waals surface area contributed by atoms with Crippen LogP contribution < -0.4 is 4.74 Å². The standard InChI is InChI=1S/C47H70O3/c1-4-6-8-10-12-13-14-15-16-17-18-19-20-21-23-25-39-49-40(3)42-31-33-43(34-32-42)44-35-37-46(38-36-44)50-47(48)45-29-27-41(28-30-45)26-24-22-11-9-7-5-2/h27-38,40H,4-26,39H2,1-3H3. The Morgan fingerprint density at radius 1 is 0.500 bits per heavy atom. The van der Waals surface area contributed by atoms with E-state index in [1.54, 1.807) is 0 Å². The van der Waals surface area contributed by atoms with E-state index in [0.717, 1.165) is 30.6 Å². The minimum Gasteiger partial charge on any atom is -0.423 e. The van der Waals surface area contributed by atoms with Crippen molar-refractivity contribution in [1.82, 2.24) is 0 Å². The van der Waals surface area contributed by atoms with Crippen LogP contribution in [0.15, 0.2) is 72.8 Å². The summed E-state index contributed by atoms with van der Waals surface area (Å²) in [4.78, 5) is 12.7. The number of unbranched alkanes of at least 4 members (excludes halogenated alkanes) is 20. The van der Waals surface area contributed by atoms with Crippen LogP contribution in [0.5, 0.6) is 5.75 Å². The van der Waals surface area contributed by atoms with Gasteiger partial charge in [0.25, 0.3) is 0 Å². The fourth-order valence-electron chi connectivity index (χ4n) is 6.75. The Bertz CT molecular complexity index is 1250. The molecular formula is C47H70O3. The smallest absolute Gasteiger partial charge is 0.343 e. The molecule has 0 radical (unpaired) electrons. The van der Waals surface area contributed by atoms with E-state index in [0.29, 0.717) is 11.3 Å². The third-order valence-electron chi connectivity index (χ3n) is 10.2. The molecule has 0 amide bonds. The predicted molar refractivity (Wildman–Crippen MR) is 214 cm³/mol. The first kappa shape index (κ1) is 41.5. The SMILES string of the molecule is CCCCCCCCCCCCCCCCCCOC(C)c1ccc(-c2ccc(OC(=O)c3ccc(CCCCCCCC)cc3)cc2)cc1. The maximum Gasteiger partial charge on any atom is 0.343 e. The average molecular weight is 683 g/mol. The van der Waals surface area contributed by atoms with Gasteiger partial charge in [0.05, 0.1) is 11.7 Å². The number of hydrogen-bond donors (Lipinski definition) is 0. The van der Waals surface area contributed by atoms with Crippen molar-refractivity contribution >= 4 is 5.97 Å². The molecule has 3 aromatic carbocycles. The lowest BCUT2D eigenvalue weighted by Crippen LogP contribution is -2.08. The van der Waals surface area contributed by atoms with Crippen LogP contribution >= 0.6 is 0 Å². The second-order valence-electron chi connectivity index (χ2n) is 14.6. The number of esters is 1. The maximum atomic E-state index is 12.7. The molecule has 0 aliphatic carbocycles. The number of ether oxygens (including phenoxy) is 2. The first-order valence-corrected chi connectivity index (χ1v) is 20.7. The highest BCUT2D eigenvalue weighted by Crippen LogP contribution is 2.26. The lowest BCUT2D eigenvalue weighted by Gasteiger charge is -2.14. The Morgan fingerprint density at radius 3 is 1.40 bits per heavy atom. The summed E-state index contributed by atoms with van der Waals surface area (Å²) in [6.45, 7) is 7.51. The highest BCUT2D eigenvalue weighted by Gasteiger charge is 2.10. The van der Waals surface area contributed by atoms with Crippen LogP contribution in [0.3, 0.4) is 0 Å². The largest absolute Gasteiger partial charge is 0.423 e. The maximum absolute atomic E-state index is 12.7. The van der Waals surface area contributed by atoms with Crippen molar-refractivity contribution in [2.24, 2.45) is 0 Å². The van der Waals surface area contributed by atoms with Crippen LogP contribution in [0.1, 0.15) is 190 Å². The fraction of sp³-hybridized carbons (Fsp3) is 0.596. The molecule has 0 heterocycles. The summed E-state index contributed by atoms with van der Waals surface area (Å²) in [7, 11) is 0. The molecule has 0 aliphatic heterocycles. The van der Waals surface area contributed by atoms with Gasteiger partial charge in [-0.05, 0) is 72.7 Å². The molecule has 0 saturated carbocycles. The third-order valence-corrected chi connectivity index (χ3v) is 10.2. The Hall–Kier alpha value is -2.91. The van der Waals surface area contributed by atoms with Crippen molar-refractivity contribution in [3.05, 3.63) is 89.5 Å². The number of aryl methyl sites for hydroxylation is 1. The number of carbonyl (C=O) groups is 1. The van der Waals surface area contributed by atoms with Gasteiger partial charge in [-0.15, -0.1) is 0 Å². The summed E-state index contributed by atoms with van der Waals surface area (Å²) >= 11 is 0. The lowest BCUT2D eigenvalue weighted by atomic mass is 10.0. The number of hydrogen-bond acceptors (Lipinski definition) is 3. The Morgan fingerprint density at radius 2 is 0.920 bits per heavy atom. The number of carbonyl (C=O) groups excluding carboxylic acids is 1. The Kier molecular flexibility index (Phi) is 22.3. The Balaban J connectivity index is 1.24. The van der Waals surface area contributed by atoms with Gasteiger partial charge in [0.1, 0.15) is 5.75 Å². The molecule has 0 saturated heterocycles. The van der Waals surface area contributed by atoms with E-state index < -0.39 is 0 Å². The molecule has 0 N–H and O–H groups in total. The van der Waals surface area contributed by atoms with Gasteiger partial charge < -0.3 is 9.47 Å². The quantitative estimate of drug-likeness (QED) is 0.0415. The summed E-state index contributed by atoms with van der Waals surface area (Å²) in [6, 6.07) is 24.3. The van der Waals surface area contributed by atoms with E-state index in [1.807, 2.05) is 36.4 Å². The molecule has 1 atom stereocenters. The van der Waals surface area contributed by atoms with Crippen molar-refractivity contribution in [3.63, 3.8) is 0 Å². The highest BCUT2D eigenvalue weighted by molar-refractivity contribution is 5.91. The van der Waals surface area contributed by atoms with E-state index in [1.165, 1.54) is 146 Å². The second-order valence-corrected chi connectivity index (χ2v) is 14.6. The summed E-state index contributed by atoms with van der Waals surface area (Å²) in [6.07, 6.45) is 31.1. The van der Waals surface area contributed by atoms with Crippen LogP contribution in [-0.2, 0) is 11.2 Å². The summed E-state index contributed by atoms with van der Waals surface area (Å²) in [5.74, 6) is 0.240. The van der Waals surface area contributed by atoms with E-state index in [9.17, 15) is 4.79 Å². The molecule has 0 fully saturated rings. The number of rotatable bonds is 29. The molecule has 3 nitrogen and oxygen atoms in total. The zero-order chi connectivity index (χ0) is 35.5. The van der Waals surface area contributed by atoms with Gasteiger partial charge in [-0.1, -0.05) is 191 Å². The van der Waals surface area contributed by atoms with Gasteiger partial charge in [0, 0.05) is 6.61 Å². The van der Waals surface area contributed by atoms with Gasteiger partial charge in [-0.25, -0.2) is 4.79 Å². The van der Waals surface area contributed by atoms with Gasteiger partial charge in [0.2, 0.25) is 0 Å². The van der Waals surface area contributed by atoms with Crippen LogP contribution in [-0.4, -0.2) is 12.6 Å². The minimum absolute atomic E-state index is 0.0896. The molecule has 0 aliphatic rings. The van der Waals surface area contributed by atoms with E-state index in [-0.39, 0.29) is 12.1 Å². The van der Waals surface area contributed by atoms with Crippen LogP contribution in [0.4, 0.5) is 0 Å². The second kappa shape index (κ2) is 26.8. The predicted octanol–water partition coefficient (Wildman–Crippen LogP) is 14.8. The van der Waals surface area contributed by atoms with Gasteiger partial charge >= 0.3 is 5.97 Å². The normalized spacial score (nSPS) is 11.9. The van der Waals surface area contributed by atoms with E-state index in [4.69, 9.17) is 9.47 Å². The summed E-state index contributed by atoms with van der Waals surface area (Å²) in [5, 5.41) is 0. The zero-order valence-corrected chi connectivity index (χ0v) is 32.2.